The molecule has 0 aliphatic carbocycles. The smallest absolute Gasteiger partial charge is 0.292 e. The summed E-state index contributed by atoms with van der Waals surface area (Å²) in [6.07, 6.45) is 2.01. The molecule has 88 valence electrons. The first kappa shape index (κ1) is 9.71. The molecule has 0 atom stereocenters. The van der Waals surface area contributed by atoms with Crippen molar-refractivity contribution in [2.24, 2.45) is 0 Å². The normalized spacial score (nSPS) is 12.9. The molecule has 0 saturated carbocycles. The number of nitrogens with zero attached hydrogens (tertiary/aromatic N) is 1. The average molecular weight is 238 g/mol. The van der Waals surface area contributed by atoms with Gasteiger partial charge in [-0.05, 0) is 17.5 Å². The fraction of sp³-hybridized carbons (Fsp3) is 0.133. The van der Waals surface area contributed by atoms with Gasteiger partial charge in [0.1, 0.15) is 11.5 Å². The standard InChI is InChI=1S/C15H12NO2/c1-17-12-7-8-16-9-18-13-4-2-3-10-5-6-11(12)15(16)14(10)13/h2-8H,9H2,1H3/q+1. The number of benzene rings is 2. The Hall–Kier alpha value is -2.29. The van der Waals surface area contributed by atoms with Crippen molar-refractivity contribution in [3.8, 4) is 11.5 Å². The summed E-state index contributed by atoms with van der Waals surface area (Å²) in [5.74, 6) is 1.85. The minimum absolute atomic E-state index is 0.552. The Bertz CT molecular complexity index is 780. The van der Waals surface area contributed by atoms with Crippen molar-refractivity contribution >= 4 is 21.7 Å². The zero-order valence-corrected chi connectivity index (χ0v) is 10.0. The summed E-state index contributed by atoms with van der Waals surface area (Å²) < 4.78 is 13.3. The topological polar surface area (TPSA) is 22.3 Å². The van der Waals surface area contributed by atoms with Gasteiger partial charge in [0.2, 0.25) is 5.52 Å². The van der Waals surface area contributed by atoms with E-state index in [1.165, 1.54) is 16.3 Å². The van der Waals surface area contributed by atoms with Gasteiger partial charge in [-0.25, -0.2) is 0 Å². The van der Waals surface area contributed by atoms with Crippen molar-refractivity contribution in [1.29, 1.82) is 0 Å². The molecular formula is C15H12NO2+. The SMILES string of the molecule is COc1cc[n+]2c3c1ccc1cccc(c13)OC2. The van der Waals surface area contributed by atoms with Crippen LogP contribution in [0, 0.1) is 0 Å². The monoisotopic (exact) mass is 238 g/mol. The predicted octanol–water partition coefficient (Wildman–Crippen LogP) is 2.64. The number of hydrogen-bond donors (Lipinski definition) is 0. The van der Waals surface area contributed by atoms with Crippen LogP contribution in [0.25, 0.3) is 21.7 Å². The number of aromatic nitrogens is 1. The molecule has 18 heavy (non-hydrogen) atoms. The van der Waals surface area contributed by atoms with Crippen LogP contribution in [0.4, 0.5) is 0 Å². The van der Waals surface area contributed by atoms with Gasteiger partial charge in [-0.1, -0.05) is 18.2 Å². The maximum atomic E-state index is 5.78. The van der Waals surface area contributed by atoms with Crippen molar-refractivity contribution in [1.82, 2.24) is 0 Å². The minimum Gasteiger partial charge on any atom is -0.496 e. The Morgan fingerprint density at radius 2 is 2.11 bits per heavy atom. The number of ether oxygens (including phenoxy) is 2. The summed E-state index contributed by atoms with van der Waals surface area (Å²) in [6.45, 7) is 0.552. The molecule has 1 aromatic heterocycles. The highest BCUT2D eigenvalue weighted by atomic mass is 16.5. The summed E-state index contributed by atoms with van der Waals surface area (Å²) >= 11 is 0. The minimum atomic E-state index is 0.552. The highest BCUT2D eigenvalue weighted by molar-refractivity contribution is 6.08. The fourth-order valence-electron chi connectivity index (χ4n) is 2.69. The first-order chi connectivity index (χ1) is 8.88. The Kier molecular flexibility index (Phi) is 1.81. The van der Waals surface area contributed by atoms with E-state index in [1.54, 1.807) is 7.11 Å². The highest BCUT2D eigenvalue weighted by Crippen LogP contribution is 2.36. The third-order valence-corrected chi connectivity index (χ3v) is 3.52. The summed E-state index contributed by atoms with van der Waals surface area (Å²) in [7, 11) is 1.71. The molecule has 1 aliphatic rings. The third kappa shape index (κ3) is 1.11. The molecule has 0 bridgehead atoms. The Morgan fingerprint density at radius 3 is 3.00 bits per heavy atom. The van der Waals surface area contributed by atoms with Gasteiger partial charge < -0.3 is 9.47 Å². The summed E-state index contributed by atoms with van der Waals surface area (Å²) in [5, 5.41) is 3.49. The van der Waals surface area contributed by atoms with Gasteiger partial charge in [-0.3, -0.25) is 0 Å². The first-order valence-corrected chi connectivity index (χ1v) is 5.93. The zero-order chi connectivity index (χ0) is 12.1. The van der Waals surface area contributed by atoms with E-state index < -0.39 is 0 Å². The van der Waals surface area contributed by atoms with Gasteiger partial charge in [0.25, 0.3) is 6.73 Å². The largest absolute Gasteiger partial charge is 0.496 e. The van der Waals surface area contributed by atoms with Crippen LogP contribution in [-0.2, 0) is 6.73 Å². The maximum absolute atomic E-state index is 5.78. The van der Waals surface area contributed by atoms with E-state index in [2.05, 4.69) is 22.8 Å². The van der Waals surface area contributed by atoms with Crippen LogP contribution in [0.3, 0.4) is 0 Å². The molecular weight excluding hydrogens is 226 g/mol. The van der Waals surface area contributed by atoms with Crippen LogP contribution < -0.4 is 14.0 Å². The van der Waals surface area contributed by atoms with Crippen LogP contribution in [-0.4, -0.2) is 7.11 Å². The first-order valence-electron chi connectivity index (χ1n) is 5.93. The van der Waals surface area contributed by atoms with Crippen molar-refractivity contribution in [3.05, 3.63) is 42.6 Å². The Morgan fingerprint density at radius 1 is 1.17 bits per heavy atom. The molecule has 0 N–H and O–H groups in total. The van der Waals surface area contributed by atoms with E-state index in [0.29, 0.717) is 6.73 Å². The van der Waals surface area contributed by atoms with Crippen LogP contribution in [0.15, 0.2) is 42.6 Å². The van der Waals surface area contributed by atoms with E-state index in [0.717, 1.165) is 16.9 Å². The molecule has 0 fully saturated rings. The van der Waals surface area contributed by atoms with Crippen LogP contribution in [0.5, 0.6) is 11.5 Å². The van der Waals surface area contributed by atoms with Gasteiger partial charge in [-0.15, -0.1) is 0 Å². The number of rotatable bonds is 1. The maximum Gasteiger partial charge on any atom is 0.292 e. The lowest BCUT2D eigenvalue weighted by atomic mass is 10.0. The van der Waals surface area contributed by atoms with E-state index in [9.17, 15) is 0 Å². The molecule has 0 spiro atoms. The lowest BCUT2D eigenvalue weighted by molar-refractivity contribution is -0.701. The van der Waals surface area contributed by atoms with Crippen molar-refractivity contribution in [3.63, 3.8) is 0 Å². The number of pyridine rings is 1. The van der Waals surface area contributed by atoms with Gasteiger partial charge in [-0.2, -0.15) is 4.57 Å². The van der Waals surface area contributed by atoms with Gasteiger partial charge in [0, 0.05) is 6.07 Å². The molecule has 0 radical (unpaired) electrons. The molecule has 1 aliphatic heterocycles. The van der Waals surface area contributed by atoms with Gasteiger partial charge in [0.15, 0.2) is 6.20 Å². The third-order valence-electron chi connectivity index (χ3n) is 3.52. The van der Waals surface area contributed by atoms with Crippen LogP contribution in [0.1, 0.15) is 0 Å². The molecule has 0 unspecified atom stereocenters. The van der Waals surface area contributed by atoms with Crippen molar-refractivity contribution in [2.45, 2.75) is 6.73 Å². The van der Waals surface area contributed by atoms with Gasteiger partial charge >= 0.3 is 0 Å². The molecule has 2 heterocycles. The second-order valence-electron chi connectivity index (χ2n) is 4.44. The molecule has 3 aromatic rings. The Balaban J connectivity index is 2.32. The predicted molar refractivity (Wildman–Crippen MR) is 68.8 cm³/mol. The van der Waals surface area contributed by atoms with Gasteiger partial charge in [0.05, 0.1) is 17.9 Å². The zero-order valence-electron chi connectivity index (χ0n) is 10.0. The molecule has 3 heteroatoms. The quantitative estimate of drug-likeness (QED) is 0.480. The highest BCUT2D eigenvalue weighted by Gasteiger charge is 2.23. The van der Waals surface area contributed by atoms with E-state index in [4.69, 9.17) is 9.47 Å². The number of methoxy groups -OCH3 is 1. The van der Waals surface area contributed by atoms with E-state index >= 15 is 0 Å². The molecule has 0 saturated heterocycles. The summed E-state index contributed by atoms with van der Waals surface area (Å²) in [4.78, 5) is 0. The lowest BCUT2D eigenvalue weighted by Crippen LogP contribution is -2.39. The number of hydrogen-bond acceptors (Lipinski definition) is 2. The van der Waals surface area contributed by atoms with E-state index in [1.807, 2.05) is 24.4 Å². The summed E-state index contributed by atoms with van der Waals surface area (Å²) in [6, 6.07) is 12.4. The second-order valence-corrected chi connectivity index (χ2v) is 4.44. The van der Waals surface area contributed by atoms with Crippen molar-refractivity contribution < 1.29 is 14.0 Å². The fourth-order valence-corrected chi connectivity index (χ4v) is 2.69. The average Bonchev–Trinajstić information content (AvgIpc) is 2.44. The lowest BCUT2D eigenvalue weighted by Gasteiger charge is -2.15. The second kappa shape index (κ2) is 3.35. The molecule has 2 aromatic carbocycles. The Labute approximate surface area is 104 Å². The summed E-state index contributed by atoms with van der Waals surface area (Å²) in [5.41, 5.74) is 1.19. The molecule has 0 amide bonds. The molecule has 3 nitrogen and oxygen atoms in total. The van der Waals surface area contributed by atoms with E-state index in [-0.39, 0.29) is 0 Å². The van der Waals surface area contributed by atoms with Crippen LogP contribution >= 0.6 is 0 Å². The van der Waals surface area contributed by atoms with Crippen LogP contribution in [0.2, 0.25) is 0 Å². The molecule has 4 rings (SSSR count). The van der Waals surface area contributed by atoms with Crippen molar-refractivity contribution in [2.75, 3.05) is 7.11 Å².